The van der Waals surface area contributed by atoms with Crippen molar-refractivity contribution in [2.45, 2.75) is 12.7 Å². The molecule has 0 radical (unpaired) electrons. The summed E-state index contributed by atoms with van der Waals surface area (Å²) in [6.45, 7) is 1.83. The molecule has 0 saturated carbocycles. The lowest BCUT2D eigenvalue weighted by atomic mass is 10.1. The SMILES string of the molecule is O=C(Cn1nnc(-c2cccc(C(F)(F)F)c2)n1)N1CCOCC1. The summed E-state index contributed by atoms with van der Waals surface area (Å²) in [5.41, 5.74) is -0.601. The van der Waals surface area contributed by atoms with Crippen molar-refractivity contribution >= 4 is 5.91 Å². The number of tetrazole rings is 1. The third-order valence-corrected chi connectivity index (χ3v) is 3.54. The fourth-order valence-electron chi connectivity index (χ4n) is 2.29. The van der Waals surface area contributed by atoms with Crippen LogP contribution in [0.15, 0.2) is 24.3 Å². The molecule has 1 amide bonds. The van der Waals surface area contributed by atoms with E-state index in [0.717, 1.165) is 16.9 Å². The Kier molecular flexibility index (Phi) is 4.47. The van der Waals surface area contributed by atoms with E-state index in [1.54, 1.807) is 4.90 Å². The second kappa shape index (κ2) is 6.56. The van der Waals surface area contributed by atoms with Crippen molar-refractivity contribution in [1.29, 1.82) is 0 Å². The summed E-state index contributed by atoms with van der Waals surface area (Å²) in [5.74, 6) is -0.151. The van der Waals surface area contributed by atoms with Gasteiger partial charge in [-0.25, -0.2) is 0 Å². The first kappa shape index (κ1) is 16.4. The average Bonchev–Trinajstić information content (AvgIpc) is 3.03. The number of morpholine rings is 1. The van der Waals surface area contributed by atoms with E-state index in [1.807, 2.05) is 0 Å². The quantitative estimate of drug-likeness (QED) is 0.839. The summed E-state index contributed by atoms with van der Waals surface area (Å²) in [6.07, 6.45) is -4.45. The number of carbonyl (C=O) groups excluding carboxylic acids is 1. The van der Waals surface area contributed by atoms with Gasteiger partial charge in [0.1, 0.15) is 6.54 Å². The van der Waals surface area contributed by atoms with Crippen LogP contribution in [0.25, 0.3) is 11.4 Å². The molecule has 1 aliphatic rings. The van der Waals surface area contributed by atoms with Crippen LogP contribution < -0.4 is 0 Å². The highest BCUT2D eigenvalue weighted by molar-refractivity contribution is 5.75. The molecular weight excluding hydrogens is 327 g/mol. The van der Waals surface area contributed by atoms with E-state index in [4.69, 9.17) is 4.74 Å². The van der Waals surface area contributed by atoms with Crippen molar-refractivity contribution in [1.82, 2.24) is 25.1 Å². The van der Waals surface area contributed by atoms with Crippen molar-refractivity contribution in [2.75, 3.05) is 26.3 Å². The van der Waals surface area contributed by atoms with Gasteiger partial charge in [0.15, 0.2) is 0 Å². The monoisotopic (exact) mass is 341 g/mol. The summed E-state index contributed by atoms with van der Waals surface area (Å²) in [5, 5.41) is 11.4. The van der Waals surface area contributed by atoms with E-state index in [0.29, 0.717) is 26.3 Å². The number of nitrogens with zero attached hydrogens (tertiary/aromatic N) is 5. The third-order valence-electron chi connectivity index (χ3n) is 3.54. The highest BCUT2D eigenvalue weighted by Gasteiger charge is 2.30. The maximum atomic E-state index is 12.7. The summed E-state index contributed by atoms with van der Waals surface area (Å²) in [7, 11) is 0. The van der Waals surface area contributed by atoms with Gasteiger partial charge in [0.2, 0.25) is 11.7 Å². The minimum absolute atomic E-state index is 0.0378. The van der Waals surface area contributed by atoms with Crippen LogP contribution in [0.1, 0.15) is 5.56 Å². The number of benzene rings is 1. The number of ether oxygens (including phenoxy) is 1. The second-order valence-corrected chi connectivity index (χ2v) is 5.22. The number of halogens is 3. The summed E-state index contributed by atoms with van der Waals surface area (Å²) in [4.78, 5) is 14.8. The predicted octanol–water partition coefficient (Wildman–Crippen LogP) is 1.22. The van der Waals surface area contributed by atoms with Gasteiger partial charge in [0, 0.05) is 18.7 Å². The van der Waals surface area contributed by atoms with Crippen molar-refractivity contribution in [3.8, 4) is 11.4 Å². The Morgan fingerprint density at radius 3 is 2.71 bits per heavy atom. The largest absolute Gasteiger partial charge is 0.416 e. The van der Waals surface area contributed by atoms with Crippen LogP contribution in [0.2, 0.25) is 0 Å². The highest BCUT2D eigenvalue weighted by atomic mass is 19.4. The number of alkyl halides is 3. The maximum Gasteiger partial charge on any atom is 0.416 e. The number of hydrogen-bond acceptors (Lipinski definition) is 5. The summed E-state index contributed by atoms with van der Waals surface area (Å²) >= 11 is 0. The maximum absolute atomic E-state index is 12.7. The van der Waals surface area contributed by atoms with Crippen LogP contribution in [0.5, 0.6) is 0 Å². The zero-order valence-electron chi connectivity index (χ0n) is 12.5. The lowest BCUT2D eigenvalue weighted by molar-refractivity contribution is -0.137. The first-order valence-electron chi connectivity index (χ1n) is 7.24. The number of amides is 1. The Bertz CT molecular complexity index is 725. The second-order valence-electron chi connectivity index (χ2n) is 5.22. The molecule has 0 spiro atoms. The van der Waals surface area contributed by atoms with Crippen LogP contribution in [-0.4, -0.2) is 57.3 Å². The molecule has 2 aromatic rings. The van der Waals surface area contributed by atoms with Gasteiger partial charge in [0.05, 0.1) is 18.8 Å². The van der Waals surface area contributed by atoms with Crippen molar-refractivity contribution in [3.63, 3.8) is 0 Å². The zero-order valence-corrected chi connectivity index (χ0v) is 12.5. The van der Waals surface area contributed by atoms with Crippen LogP contribution in [0, 0.1) is 0 Å². The van der Waals surface area contributed by atoms with Gasteiger partial charge < -0.3 is 9.64 Å². The number of aromatic nitrogens is 4. The molecule has 0 aliphatic carbocycles. The molecule has 128 valence electrons. The van der Waals surface area contributed by atoms with E-state index < -0.39 is 11.7 Å². The van der Waals surface area contributed by atoms with E-state index in [-0.39, 0.29) is 23.8 Å². The minimum Gasteiger partial charge on any atom is -0.378 e. The summed E-state index contributed by atoms with van der Waals surface area (Å²) in [6, 6.07) is 4.65. The van der Waals surface area contributed by atoms with Gasteiger partial charge in [-0.15, -0.1) is 10.2 Å². The Morgan fingerprint density at radius 2 is 2.00 bits per heavy atom. The zero-order chi connectivity index (χ0) is 17.2. The molecule has 1 aliphatic heterocycles. The van der Waals surface area contributed by atoms with E-state index in [2.05, 4.69) is 15.4 Å². The highest BCUT2D eigenvalue weighted by Crippen LogP contribution is 2.31. The Labute approximate surface area is 135 Å². The Balaban J connectivity index is 1.72. The van der Waals surface area contributed by atoms with Gasteiger partial charge in [0.25, 0.3) is 0 Å². The first-order chi connectivity index (χ1) is 11.4. The molecule has 0 N–H and O–H groups in total. The topological polar surface area (TPSA) is 73.1 Å². The van der Waals surface area contributed by atoms with E-state index in [1.165, 1.54) is 12.1 Å². The van der Waals surface area contributed by atoms with Crippen LogP contribution >= 0.6 is 0 Å². The molecule has 0 bridgehead atoms. The molecular formula is C14H14F3N5O2. The molecule has 1 fully saturated rings. The molecule has 1 saturated heterocycles. The predicted molar refractivity (Wildman–Crippen MR) is 75.7 cm³/mol. The molecule has 0 atom stereocenters. The molecule has 7 nitrogen and oxygen atoms in total. The Hall–Kier alpha value is -2.49. The van der Waals surface area contributed by atoms with Crippen LogP contribution in [0.4, 0.5) is 13.2 Å². The van der Waals surface area contributed by atoms with Gasteiger partial charge in [-0.2, -0.15) is 18.0 Å². The Morgan fingerprint density at radius 1 is 1.25 bits per heavy atom. The van der Waals surface area contributed by atoms with Crippen LogP contribution in [0.3, 0.4) is 0 Å². The molecule has 3 rings (SSSR count). The van der Waals surface area contributed by atoms with E-state index >= 15 is 0 Å². The standard InChI is InChI=1S/C14H14F3N5O2/c15-14(16,17)11-3-1-2-10(8-11)13-18-20-22(19-13)9-12(23)21-4-6-24-7-5-21/h1-3,8H,4-7,9H2. The molecule has 0 unspecified atom stereocenters. The fraction of sp³-hybridized carbons (Fsp3) is 0.429. The average molecular weight is 341 g/mol. The molecule has 24 heavy (non-hydrogen) atoms. The molecule has 2 heterocycles. The van der Waals surface area contributed by atoms with Gasteiger partial charge >= 0.3 is 6.18 Å². The van der Waals surface area contributed by atoms with Crippen molar-refractivity contribution in [2.24, 2.45) is 0 Å². The smallest absolute Gasteiger partial charge is 0.378 e. The van der Waals surface area contributed by atoms with Crippen molar-refractivity contribution < 1.29 is 22.7 Å². The summed E-state index contributed by atoms with van der Waals surface area (Å²) < 4.78 is 43.4. The molecule has 1 aromatic carbocycles. The first-order valence-corrected chi connectivity index (χ1v) is 7.24. The number of rotatable bonds is 3. The third kappa shape index (κ3) is 3.70. The van der Waals surface area contributed by atoms with Gasteiger partial charge in [-0.05, 0) is 17.3 Å². The van der Waals surface area contributed by atoms with E-state index in [9.17, 15) is 18.0 Å². The fourth-order valence-corrected chi connectivity index (χ4v) is 2.29. The number of hydrogen-bond donors (Lipinski definition) is 0. The normalized spacial score (nSPS) is 15.5. The van der Waals surface area contributed by atoms with Crippen molar-refractivity contribution in [3.05, 3.63) is 29.8 Å². The lowest BCUT2D eigenvalue weighted by Gasteiger charge is -2.26. The minimum atomic E-state index is -4.45. The van der Waals surface area contributed by atoms with Crippen LogP contribution in [-0.2, 0) is 22.3 Å². The molecule has 1 aromatic heterocycles. The number of carbonyl (C=O) groups is 1. The lowest BCUT2D eigenvalue weighted by Crippen LogP contribution is -2.42. The van der Waals surface area contributed by atoms with Gasteiger partial charge in [-0.1, -0.05) is 12.1 Å². The molecule has 10 heteroatoms. The van der Waals surface area contributed by atoms with Gasteiger partial charge in [-0.3, -0.25) is 4.79 Å².